The number of rotatable bonds is 6. The van der Waals surface area contributed by atoms with E-state index in [1.54, 1.807) is 25.1 Å². The molecule has 1 aromatic carbocycles. The van der Waals surface area contributed by atoms with Crippen molar-refractivity contribution in [1.82, 2.24) is 5.32 Å². The molecule has 0 unspecified atom stereocenters. The lowest BCUT2D eigenvalue weighted by molar-refractivity contribution is -0.123. The minimum Gasteiger partial charge on any atom is -0.484 e. The summed E-state index contributed by atoms with van der Waals surface area (Å²) in [6, 6.07) is 7.98. The number of carboxylic acids is 1. The first-order valence-electron chi connectivity index (χ1n) is 6.32. The second kappa shape index (κ2) is 6.60. The van der Waals surface area contributed by atoms with E-state index >= 15 is 0 Å². The maximum Gasteiger partial charge on any atom is 0.335 e. The molecule has 0 aliphatic carbocycles. The molecular formula is C15H15NO5. The number of carbonyl (C=O) groups excluding carboxylic acids is 1. The summed E-state index contributed by atoms with van der Waals surface area (Å²) in [4.78, 5) is 22.4. The van der Waals surface area contributed by atoms with Gasteiger partial charge in [0, 0.05) is 0 Å². The molecule has 0 atom stereocenters. The van der Waals surface area contributed by atoms with Crippen molar-refractivity contribution in [2.24, 2.45) is 0 Å². The number of nitrogens with one attached hydrogen (secondary N) is 1. The normalized spacial score (nSPS) is 10.1. The second-order valence-electron chi connectivity index (χ2n) is 4.43. The Bertz CT molecular complexity index is 634. The van der Waals surface area contributed by atoms with Gasteiger partial charge in [-0.1, -0.05) is 0 Å². The summed E-state index contributed by atoms with van der Waals surface area (Å²) in [6.07, 6.45) is 1.53. The Labute approximate surface area is 121 Å². The fraction of sp³-hybridized carbons (Fsp3) is 0.200. The van der Waals surface area contributed by atoms with Crippen LogP contribution in [0.2, 0.25) is 0 Å². The van der Waals surface area contributed by atoms with E-state index in [4.69, 9.17) is 14.3 Å². The first-order valence-corrected chi connectivity index (χ1v) is 6.32. The highest BCUT2D eigenvalue weighted by molar-refractivity contribution is 5.88. The zero-order chi connectivity index (χ0) is 15.2. The van der Waals surface area contributed by atoms with E-state index in [-0.39, 0.29) is 18.1 Å². The fourth-order valence-electron chi connectivity index (χ4n) is 1.74. The van der Waals surface area contributed by atoms with Crippen LogP contribution in [0.15, 0.2) is 41.0 Å². The Balaban J connectivity index is 1.85. The quantitative estimate of drug-likeness (QED) is 0.848. The van der Waals surface area contributed by atoms with Crippen LogP contribution in [0.25, 0.3) is 0 Å². The lowest BCUT2D eigenvalue weighted by Crippen LogP contribution is -2.28. The third kappa shape index (κ3) is 4.10. The molecule has 0 radical (unpaired) electrons. The van der Waals surface area contributed by atoms with Gasteiger partial charge in [0.15, 0.2) is 6.61 Å². The van der Waals surface area contributed by atoms with Crippen LogP contribution in [-0.4, -0.2) is 23.6 Å². The smallest absolute Gasteiger partial charge is 0.335 e. The fourth-order valence-corrected chi connectivity index (χ4v) is 1.74. The number of benzene rings is 1. The molecule has 0 bridgehead atoms. The average Bonchev–Trinajstić information content (AvgIpc) is 2.97. The largest absolute Gasteiger partial charge is 0.484 e. The highest BCUT2D eigenvalue weighted by atomic mass is 16.5. The van der Waals surface area contributed by atoms with Crippen molar-refractivity contribution < 1.29 is 23.8 Å². The summed E-state index contributed by atoms with van der Waals surface area (Å²) in [5.41, 5.74) is 0.843. The Morgan fingerprint density at radius 2 is 2.14 bits per heavy atom. The number of hydrogen-bond acceptors (Lipinski definition) is 4. The Morgan fingerprint density at radius 3 is 2.76 bits per heavy atom. The maximum absolute atomic E-state index is 11.6. The van der Waals surface area contributed by atoms with E-state index in [1.165, 1.54) is 18.4 Å². The van der Waals surface area contributed by atoms with Crippen molar-refractivity contribution in [2.45, 2.75) is 13.5 Å². The van der Waals surface area contributed by atoms with Crippen molar-refractivity contribution in [3.05, 3.63) is 53.5 Å². The third-order valence-corrected chi connectivity index (χ3v) is 2.82. The predicted molar refractivity (Wildman–Crippen MR) is 74.2 cm³/mol. The molecule has 0 aliphatic heterocycles. The molecule has 0 saturated carbocycles. The van der Waals surface area contributed by atoms with Crippen LogP contribution in [0, 0.1) is 6.92 Å². The van der Waals surface area contributed by atoms with E-state index in [0.29, 0.717) is 23.6 Å². The van der Waals surface area contributed by atoms with E-state index in [9.17, 15) is 9.59 Å². The summed E-state index contributed by atoms with van der Waals surface area (Å²) in [5, 5.41) is 11.5. The summed E-state index contributed by atoms with van der Waals surface area (Å²) in [5.74, 6) is -0.146. The molecule has 0 fully saturated rings. The zero-order valence-corrected chi connectivity index (χ0v) is 11.5. The highest BCUT2D eigenvalue weighted by Gasteiger charge is 2.08. The van der Waals surface area contributed by atoms with Crippen molar-refractivity contribution in [1.29, 1.82) is 0 Å². The number of furan rings is 1. The van der Waals surface area contributed by atoms with E-state index in [2.05, 4.69) is 5.32 Å². The van der Waals surface area contributed by atoms with Gasteiger partial charge in [0.1, 0.15) is 11.5 Å². The Kier molecular flexibility index (Phi) is 4.61. The van der Waals surface area contributed by atoms with Crippen LogP contribution in [0.3, 0.4) is 0 Å². The lowest BCUT2D eigenvalue weighted by atomic mass is 10.1. The topological polar surface area (TPSA) is 88.8 Å². The molecule has 110 valence electrons. The standard InChI is InChI=1S/C15H15NO5/c1-10-7-11(15(18)19)4-5-13(10)21-9-14(17)16-8-12-3-2-6-20-12/h2-7H,8-9H2,1H3,(H,16,17)(H,18,19). The number of aryl methyl sites for hydroxylation is 1. The van der Waals surface area contributed by atoms with E-state index in [1.807, 2.05) is 0 Å². The Hall–Kier alpha value is -2.76. The van der Waals surface area contributed by atoms with E-state index < -0.39 is 5.97 Å². The summed E-state index contributed by atoms with van der Waals surface area (Å²) < 4.78 is 10.5. The van der Waals surface area contributed by atoms with Crippen LogP contribution >= 0.6 is 0 Å². The summed E-state index contributed by atoms with van der Waals surface area (Å²) in [6.45, 7) is 1.88. The summed E-state index contributed by atoms with van der Waals surface area (Å²) >= 11 is 0. The lowest BCUT2D eigenvalue weighted by Gasteiger charge is -2.09. The second-order valence-corrected chi connectivity index (χ2v) is 4.43. The molecule has 0 spiro atoms. The molecular weight excluding hydrogens is 274 g/mol. The average molecular weight is 289 g/mol. The number of ether oxygens (including phenoxy) is 1. The van der Waals surface area contributed by atoms with Crippen molar-refractivity contribution in [2.75, 3.05) is 6.61 Å². The van der Waals surface area contributed by atoms with E-state index in [0.717, 1.165) is 0 Å². The van der Waals surface area contributed by atoms with Gasteiger partial charge in [-0.25, -0.2) is 4.79 Å². The number of aromatic carboxylic acids is 1. The molecule has 2 rings (SSSR count). The number of amides is 1. The molecule has 6 nitrogen and oxygen atoms in total. The maximum atomic E-state index is 11.6. The monoisotopic (exact) mass is 289 g/mol. The molecule has 1 amide bonds. The van der Waals surface area contributed by atoms with Gasteiger partial charge in [-0.2, -0.15) is 0 Å². The molecule has 0 aliphatic rings. The van der Waals surface area contributed by atoms with Crippen LogP contribution < -0.4 is 10.1 Å². The van der Waals surface area contributed by atoms with Gasteiger partial charge in [-0.15, -0.1) is 0 Å². The minimum atomic E-state index is -0.999. The molecule has 21 heavy (non-hydrogen) atoms. The summed E-state index contributed by atoms with van der Waals surface area (Å²) in [7, 11) is 0. The van der Waals surface area contributed by atoms with Crippen LogP contribution in [0.1, 0.15) is 21.7 Å². The van der Waals surface area contributed by atoms with Gasteiger partial charge in [0.05, 0.1) is 18.4 Å². The molecule has 6 heteroatoms. The predicted octanol–water partition coefficient (Wildman–Crippen LogP) is 1.98. The Morgan fingerprint density at radius 1 is 1.33 bits per heavy atom. The van der Waals surface area contributed by atoms with Gasteiger partial charge in [0.2, 0.25) is 0 Å². The third-order valence-electron chi connectivity index (χ3n) is 2.82. The number of carbonyl (C=O) groups is 2. The van der Waals surface area contributed by atoms with Gasteiger partial charge < -0.3 is 19.6 Å². The van der Waals surface area contributed by atoms with Crippen molar-refractivity contribution in [3.63, 3.8) is 0 Å². The first-order chi connectivity index (χ1) is 10.1. The number of hydrogen-bond donors (Lipinski definition) is 2. The minimum absolute atomic E-state index is 0.145. The van der Waals surface area contributed by atoms with Gasteiger partial charge in [-0.3, -0.25) is 4.79 Å². The molecule has 0 saturated heterocycles. The number of carboxylic acid groups (broad SMARTS) is 1. The highest BCUT2D eigenvalue weighted by Crippen LogP contribution is 2.19. The molecule has 1 heterocycles. The van der Waals surface area contributed by atoms with Crippen molar-refractivity contribution >= 4 is 11.9 Å². The van der Waals surface area contributed by atoms with Crippen LogP contribution in [0.4, 0.5) is 0 Å². The van der Waals surface area contributed by atoms with Crippen LogP contribution in [0.5, 0.6) is 5.75 Å². The molecule has 2 aromatic rings. The van der Waals surface area contributed by atoms with Gasteiger partial charge in [-0.05, 0) is 42.8 Å². The van der Waals surface area contributed by atoms with Gasteiger partial charge >= 0.3 is 5.97 Å². The molecule has 2 N–H and O–H groups in total. The SMILES string of the molecule is Cc1cc(C(=O)O)ccc1OCC(=O)NCc1ccco1. The van der Waals surface area contributed by atoms with Crippen LogP contribution in [-0.2, 0) is 11.3 Å². The van der Waals surface area contributed by atoms with Gasteiger partial charge in [0.25, 0.3) is 5.91 Å². The first kappa shape index (κ1) is 14.6. The molecule has 1 aromatic heterocycles. The zero-order valence-electron chi connectivity index (χ0n) is 11.5. The van der Waals surface area contributed by atoms with Crippen molar-refractivity contribution in [3.8, 4) is 5.75 Å².